The summed E-state index contributed by atoms with van der Waals surface area (Å²) in [6.07, 6.45) is 8.95. The van der Waals surface area contributed by atoms with Crippen molar-refractivity contribution in [3.8, 4) is 0 Å². The molecule has 1 aliphatic carbocycles. The molecule has 1 aromatic heterocycles. The van der Waals surface area contributed by atoms with Crippen LogP contribution < -0.4 is 5.73 Å². The van der Waals surface area contributed by atoms with Crippen molar-refractivity contribution in [1.29, 1.82) is 0 Å². The quantitative estimate of drug-likeness (QED) is 0.852. The van der Waals surface area contributed by atoms with Gasteiger partial charge >= 0.3 is 0 Å². The second kappa shape index (κ2) is 6.79. The highest BCUT2D eigenvalue weighted by Crippen LogP contribution is 2.35. The fraction of sp³-hybridized carbons (Fsp3) is 0.611. The minimum atomic E-state index is -0.338. The molecule has 1 fully saturated rings. The molecule has 2 N–H and O–H groups in total. The zero-order valence-corrected chi connectivity index (χ0v) is 14.5. The average molecular weight is 330 g/mol. The Hall–Kier alpha value is -2.11. The molecule has 1 aliphatic heterocycles. The van der Waals surface area contributed by atoms with Gasteiger partial charge in [-0.05, 0) is 38.2 Å². The van der Waals surface area contributed by atoms with Gasteiger partial charge in [-0.25, -0.2) is 0 Å². The Morgan fingerprint density at radius 2 is 2.12 bits per heavy atom. The number of hydrogen-bond donors (Lipinski definition) is 1. The fourth-order valence-corrected chi connectivity index (χ4v) is 3.86. The van der Waals surface area contributed by atoms with E-state index < -0.39 is 0 Å². The van der Waals surface area contributed by atoms with E-state index in [1.54, 1.807) is 10.9 Å². The third-order valence-corrected chi connectivity index (χ3v) is 5.47. The highest BCUT2D eigenvalue weighted by atomic mass is 16.2. The number of amides is 2. The number of carbonyl (C=O) groups is 2. The molecule has 0 radical (unpaired) electrons. The Bertz CT molecular complexity index is 677. The molecule has 1 saturated heterocycles. The number of aryl methyl sites for hydroxylation is 1. The molecule has 2 atom stereocenters. The Labute approximate surface area is 142 Å². The molecular weight excluding hydrogens is 304 g/mol. The normalized spacial score (nSPS) is 24.1. The summed E-state index contributed by atoms with van der Waals surface area (Å²) >= 11 is 0. The molecule has 0 aromatic carbocycles. The fourth-order valence-electron chi connectivity index (χ4n) is 3.86. The first-order chi connectivity index (χ1) is 11.5. The summed E-state index contributed by atoms with van der Waals surface area (Å²) < 4.78 is 1.80. The molecule has 0 unspecified atom stereocenters. The Morgan fingerprint density at radius 3 is 2.71 bits per heavy atom. The third-order valence-electron chi connectivity index (χ3n) is 5.47. The van der Waals surface area contributed by atoms with E-state index in [2.05, 4.69) is 11.2 Å². The molecule has 3 rings (SSSR count). The van der Waals surface area contributed by atoms with E-state index in [0.717, 1.165) is 24.1 Å². The summed E-state index contributed by atoms with van der Waals surface area (Å²) in [6.45, 7) is 2.95. The summed E-state index contributed by atoms with van der Waals surface area (Å²) in [4.78, 5) is 26.4. The van der Waals surface area contributed by atoms with Gasteiger partial charge in [-0.1, -0.05) is 11.6 Å². The molecule has 2 amide bonds. The van der Waals surface area contributed by atoms with Gasteiger partial charge in [0.1, 0.15) is 0 Å². The van der Waals surface area contributed by atoms with Crippen molar-refractivity contribution >= 4 is 11.8 Å². The van der Waals surface area contributed by atoms with Gasteiger partial charge in [0.15, 0.2) is 0 Å². The Balaban J connectivity index is 1.75. The lowest BCUT2D eigenvalue weighted by Crippen LogP contribution is -2.32. The van der Waals surface area contributed by atoms with Crippen LogP contribution in [0.3, 0.4) is 0 Å². The standard InChI is InChI=1S/C18H26N4O2/c1-12-14(9-20-21(12)2)15-10-22(11-16(15)18(19)24)17(23)8-13-6-4-3-5-7-13/h6,9,15-16H,3-5,7-8,10-11H2,1-2H3,(H2,19,24)/t15-,16+/m1/s1. The number of hydrogen-bond acceptors (Lipinski definition) is 3. The molecule has 6 nitrogen and oxygen atoms in total. The second-order valence-electron chi connectivity index (χ2n) is 7.01. The summed E-state index contributed by atoms with van der Waals surface area (Å²) in [6, 6.07) is 0. The number of rotatable bonds is 4. The van der Waals surface area contributed by atoms with Crippen LogP contribution >= 0.6 is 0 Å². The molecule has 6 heteroatoms. The SMILES string of the molecule is Cc1c([C@H]2CN(C(=O)CC3=CCCCC3)C[C@@H]2C(N)=O)cnn1C. The van der Waals surface area contributed by atoms with Gasteiger partial charge in [0.25, 0.3) is 0 Å². The minimum Gasteiger partial charge on any atom is -0.369 e. The molecular formula is C18H26N4O2. The molecule has 0 saturated carbocycles. The Morgan fingerprint density at radius 1 is 1.33 bits per heavy atom. The lowest BCUT2D eigenvalue weighted by Gasteiger charge is -2.19. The molecule has 130 valence electrons. The molecule has 24 heavy (non-hydrogen) atoms. The molecule has 0 spiro atoms. The van der Waals surface area contributed by atoms with E-state index >= 15 is 0 Å². The van der Waals surface area contributed by atoms with Crippen molar-refractivity contribution < 1.29 is 9.59 Å². The lowest BCUT2D eigenvalue weighted by atomic mass is 9.89. The van der Waals surface area contributed by atoms with E-state index in [-0.39, 0.29) is 23.7 Å². The summed E-state index contributed by atoms with van der Waals surface area (Å²) in [5, 5.41) is 4.27. The minimum absolute atomic E-state index is 0.0551. The van der Waals surface area contributed by atoms with Gasteiger partial charge in [-0.2, -0.15) is 5.10 Å². The van der Waals surface area contributed by atoms with E-state index in [0.29, 0.717) is 19.5 Å². The van der Waals surface area contributed by atoms with E-state index in [9.17, 15) is 9.59 Å². The number of primary amides is 1. The highest BCUT2D eigenvalue weighted by molar-refractivity contribution is 5.83. The predicted molar refractivity (Wildman–Crippen MR) is 91.1 cm³/mol. The maximum Gasteiger partial charge on any atom is 0.226 e. The molecule has 1 aromatic rings. The highest BCUT2D eigenvalue weighted by Gasteiger charge is 2.40. The topological polar surface area (TPSA) is 81.2 Å². The van der Waals surface area contributed by atoms with Crippen molar-refractivity contribution in [2.45, 2.75) is 44.9 Å². The third kappa shape index (κ3) is 3.23. The van der Waals surface area contributed by atoms with Gasteiger partial charge in [0, 0.05) is 38.2 Å². The maximum absolute atomic E-state index is 12.7. The van der Waals surface area contributed by atoms with Crippen LogP contribution in [0, 0.1) is 12.8 Å². The molecule has 2 aliphatic rings. The van der Waals surface area contributed by atoms with Crippen LogP contribution in [0.15, 0.2) is 17.8 Å². The first kappa shape index (κ1) is 16.7. The van der Waals surface area contributed by atoms with Crippen LogP contribution in [0.5, 0.6) is 0 Å². The molecule has 2 heterocycles. The second-order valence-corrected chi connectivity index (χ2v) is 7.01. The van der Waals surface area contributed by atoms with Crippen molar-refractivity contribution in [3.63, 3.8) is 0 Å². The van der Waals surface area contributed by atoms with Crippen LogP contribution in [0.2, 0.25) is 0 Å². The van der Waals surface area contributed by atoms with E-state index in [1.807, 2.05) is 18.9 Å². The number of nitrogens with zero attached hydrogens (tertiary/aromatic N) is 3. The van der Waals surface area contributed by atoms with Gasteiger partial charge in [0.05, 0.1) is 12.1 Å². The first-order valence-electron chi connectivity index (χ1n) is 8.71. The van der Waals surface area contributed by atoms with Gasteiger partial charge < -0.3 is 10.6 Å². The van der Waals surface area contributed by atoms with Gasteiger partial charge in [0.2, 0.25) is 11.8 Å². The average Bonchev–Trinajstić information content (AvgIpc) is 3.13. The van der Waals surface area contributed by atoms with Crippen LogP contribution in [0.4, 0.5) is 0 Å². The summed E-state index contributed by atoms with van der Waals surface area (Å²) in [5.74, 6) is -0.619. The lowest BCUT2D eigenvalue weighted by molar-refractivity contribution is -0.129. The first-order valence-corrected chi connectivity index (χ1v) is 8.71. The van der Waals surface area contributed by atoms with Crippen molar-refractivity contribution in [1.82, 2.24) is 14.7 Å². The molecule has 0 bridgehead atoms. The zero-order chi connectivity index (χ0) is 17.3. The van der Waals surface area contributed by atoms with E-state index in [4.69, 9.17) is 5.73 Å². The van der Waals surface area contributed by atoms with Crippen molar-refractivity contribution in [2.24, 2.45) is 18.7 Å². The number of carbonyl (C=O) groups excluding carboxylic acids is 2. The number of aromatic nitrogens is 2. The van der Waals surface area contributed by atoms with Crippen molar-refractivity contribution in [2.75, 3.05) is 13.1 Å². The van der Waals surface area contributed by atoms with E-state index in [1.165, 1.54) is 18.4 Å². The van der Waals surface area contributed by atoms with Gasteiger partial charge in [-0.15, -0.1) is 0 Å². The number of nitrogens with two attached hydrogens (primary N) is 1. The van der Waals surface area contributed by atoms with Crippen LogP contribution in [0.25, 0.3) is 0 Å². The number of likely N-dealkylation sites (tertiary alicyclic amines) is 1. The van der Waals surface area contributed by atoms with Crippen LogP contribution in [0.1, 0.15) is 49.3 Å². The number of allylic oxidation sites excluding steroid dienone is 1. The van der Waals surface area contributed by atoms with Crippen LogP contribution in [-0.2, 0) is 16.6 Å². The monoisotopic (exact) mass is 330 g/mol. The van der Waals surface area contributed by atoms with Crippen molar-refractivity contribution in [3.05, 3.63) is 29.1 Å². The van der Waals surface area contributed by atoms with Gasteiger partial charge in [-0.3, -0.25) is 14.3 Å². The Kier molecular flexibility index (Phi) is 4.73. The largest absolute Gasteiger partial charge is 0.369 e. The smallest absolute Gasteiger partial charge is 0.226 e. The maximum atomic E-state index is 12.7. The zero-order valence-electron chi connectivity index (χ0n) is 14.5. The van der Waals surface area contributed by atoms with Crippen LogP contribution in [-0.4, -0.2) is 39.6 Å². The predicted octanol–water partition coefficient (Wildman–Crippen LogP) is 1.65. The summed E-state index contributed by atoms with van der Waals surface area (Å²) in [7, 11) is 1.88. The summed E-state index contributed by atoms with van der Waals surface area (Å²) in [5.41, 5.74) is 8.90.